The monoisotopic (exact) mass is 459 g/mol. The molecule has 1 saturated heterocycles. The summed E-state index contributed by atoms with van der Waals surface area (Å²) in [6.07, 6.45) is 0. The molecule has 2 heterocycles. The van der Waals surface area contributed by atoms with Crippen LogP contribution in [0.15, 0.2) is 47.4 Å². The fourth-order valence-corrected chi connectivity index (χ4v) is 5.11. The first-order valence-electron chi connectivity index (χ1n) is 10.3. The number of ether oxygens (including phenoxy) is 3. The molecule has 0 saturated carbocycles. The molecule has 4 rings (SSSR count). The van der Waals surface area contributed by atoms with Crippen LogP contribution in [0.1, 0.15) is 23.1 Å². The molecule has 0 atom stereocenters. The molecule has 0 radical (unpaired) electrons. The maximum absolute atomic E-state index is 13.0. The van der Waals surface area contributed by atoms with E-state index < -0.39 is 16.0 Å². The minimum absolute atomic E-state index is 0.0376. The van der Waals surface area contributed by atoms with Crippen molar-refractivity contribution in [3.63, 3.8) is 0 Å². The second-order valence-electron chi connectivity index (χ2n) is 7.25. The van der Waals surface area contributed by atoms with Crippen molar-refractivity contribution in [1.29, 1.82) is 0 Å². The number of fused-ring (bicyclic) bond motifs is 1. The summed E-state index contributed by atoms with van der Waals surface area (Å²) in [5, 5.41) is 0. The van der Waals surface area contributed by atoms with E-state index in [1.54, 1.807) is 42.5 Å². The Kier molecular flexibility index (Phi) is 6.45. The molecule has 0 amide bonds. The van der Waals surface area contributed by atoms with E-state index in [2.05, 4.69) is 4.98 Å². The van der Waals surface area contributed by atoms with E-state index in [1.165, 1.54) is 11.4 Å². The van der Waals surface area contributed by atoms with E-state index in [4.69, 9.17) is 14.2 Å². The van der Waals surface area contributed by atoms with E-state index in [1.807, 2.05) is 11.5 Å². The van der Waals surface area contributed by atoms with Gasteiger partial charge in [-0.25, -0.2) is 18.2 Å². The minimum atomic E-state index is -3.63. The van der Waals surface area contributed by atoms with Crippen LogP contribution in [0.4, 0.5) is 0 Å². The van der Waals surface area contributed by atoms with Gasteiger partial charge in [0.15, 0.2) is 0 Å². The summed E-state index contributed by atoms with van der Waals surface area (Å²) < 4.78 is 45.1. The molecular weight excluding hydrogens is 434 g/mol. The molecule has 0 aliphatic carbocycles. The van der Waals surface area contributed by atoms with Crippen molar-refractivity contribution < 1.29 is 27.4 Å². The van der Waals surface area contributed by atoms with Gasteiger partial charge in [-0.2, -0.15) is 4.31 Å². The molecular formula is C22H25N3O6S. The Morgan fingerprint density at radius 3 is 2.66 bits per heavy atom. The number of hydrogen-bond acceptors (Lipinski definition) is 7. The fourth-order valence-electron chi connectivity index (χ4n) is 3.68. The quantitative estimate of drug-likeness (QED) is 0.500. The van der Waals surface area contributed by atoms with Crippen LogP contribution in [0.5, 0.6) is 5.75 Å². The summed E-state index contributed by atoms with van der Waals surface area (Å²) in [7, 11) is -2.10. The van der Waals surface area contributed by atoms with Crippen molar-refractivity contribution in [2.24, 2.45) is 0 Å². The third-order valence-corrected chi connectivity index (χ3v) is 7.26. The van der Waals surface area contributed by atoms with Gasteiger partial charge in [0.1, 0.15) is 18.2 Å². The van der Waals surface area contributed by atoms with Gasteiger partial charge in [0.2, 0.25) is 10.0 Å². The Balaban J connectivity index is 1.58. The zero-order valence-electron chi connectivity index (χ0n) is 18.0. The number of hydrogen-bond donors (Lipinski definition) is 0. The van der Waals surface area contributed by atoms with E-state index in [0.717, 1.165) is 5.52 Å². The van der Waals surface area contributed by atoms with Crippen LogP contribution in [0.2, 0.25) is 0 Å². The maximum atomic E-state index is 13.0. The lowest BCUT2D eigenvalue weighted by Crippen LogP contribution is -2.40. The van der Waals surface area contributed by atoms with E-state index in [0.29, 0.717) is 55.5 Å². The number of methoxy groups -OCH3 is 1. The van der Waals surface area contributed by atoms with Crippen molar-refractivity contribution in [2.75, 3.05) is 33.4 Å². The molecule has 170 valence electrons. The zero-order chi connectivity index (χ0) is 22.7. The van der Waals surface area contributed by atoms with Gasteiger partial charge in [-0.1, -0.05) is 6.07 Å². The lowest BCUT2D eigenvalue weighted by atomic mass is 10.2. The molecule has 32 heavy (non-hydrogen) atoms. The highest BCUT2D eigenvalue weighted by molar-refractivity contribution is 7.89. The van der Waals surface area contributed by atoms with Crippen molar-refractivity contribution in [3.8, 4) is 5.75 Å². The van der Waals surface area contributed by atoms with Gasteiger partial charge in [0.05, 0.1) is 41.8 Å². The van der Waals surface area contributed by atoms with E-state index in [-0.39, 0.29) is 11.5 Å². The number of benzene rings is 2. The van der Waals surface area contributed by atoms with Crippen LogP contribution in [0.3, 0.4) is 0 Å². The van der Waals surface area contributed by atoms with Gasteiger partial charge in [-0.15, -0.1) is 0 Å². The Bertz CT molecular complexity index is 1230. The number of morpholine rings is 1. The molecule has 0 spiro atoms. The highest BCUT2D eigenvalue weighted by Gasteiger charge is 2.27. The normalized spacial score (nSPS) is 15.1. The molecule has 0 N–H and O–H groups in total. The van der Waals surface area contributed by atoms with Gasteiger partial charge >= 0.3 is 5.97 Å². The highest BCUT2D eigenvalue weighted by Crippen LogP contribution is 2.24. The van der Waals surface area contributed by atoms with Crippen LogP contribution in [-0.2, 0) is 32.6 Å². The Hall–Kier alpha value is -2.95. The van der Waals surface area contributed by atoms with Crippen LogP contribution in [-0.4, -0.2) is 61.7 Å². The summed E-state index contributed by atoms with van der Waals surface area (Å²) in [6.45, 7) is 3.93. The number of nitrogens with zero attached hydrogens (tertiary/aromatic N) is 3. The molecule has 1 aliphatic rings. The Labute approximate surface area is 186 Å². The van der Waals surface area contributed by atoms with Crippen LogP contribution < -0.4 is 4.74 Å². The smallest absolute Gasteiger partial charge is 0.338 e. The lowest BCUT2D eigenvalue weighted by Gasteiger charge is -2.26. The average Bonchev–Trinajstić information content (AvgIpc) is 3.19. The third-order valence-electron chi connectivity index (χ3n) is 5.36. The minimum Gasteiger partial charge on any atom is -0.497 e. The number of aryl methyl sites for hydroxylation is 1. The van der Waals surface area contributed by atoms with Gasteiger partial charge in [0.25, 0.3) is 0 Å². The van der Waals surface area contributed by atoms with Gasteiger partial charge in [-0.05, 0) is 43.3 Å². The lowest BCUT2D eigenvalue weighted by molar-refractivity contribution is 0.0458. The largest absolute Gasteiger partial charge is 0.497 e. The average molecular weight is 460 g/mol. The first-order valence-corrected chi connectivity index (χ1v) is 11.8. The molecule has 1 aromatic heterocycles. The van der Waals surface area contributed by atoms with Crippen molar-refractivity contribution >= 4 is 27.0 Å². The third kappa shape index (κ3) is 4.34. The number of esters is 1. The molecule has 10 heteroatoms. The second kappa shape index (κ2) is 9.27. The van der Waals surface area contributed by atoms with Crippen molar-refractivity contribution in [2.45, 2.75) is 25.0 Å². The van der Waals surface area contributed by atoms with Crippen molar-refractivity contribution in [1.82, 2.24) is 13.9 Å². The van der Waals surface area contributed by atoms with Crippen molar-refractivity contribution in [3.05, 3.63) is 53.9 Å². The first-order chi connectivity index (χ1) is 15.4. The molecule has 2 aromatic carbocycles. The summed E-state index contributed by atoms with van der Waals surface area (Å²) in [4.78, 5) is 17.2. The van der Waals surface area contributed by atoms with Gasteiger partial charge in [0, 0.05) is 19.6 Å². The molecule has 3 aromatic rings. The Morgan fingerprint density at radius 1 is 1.16 bits per heavy atom. The number of carbonyl (C=O) groups excluding carboxylic acids is 1. The highest BCUT2D eigenvalue weighted by atomic mass is 32.2. The molecule has 0 unspecified atom stereocenters. The number of rotatable bonds is 7. The first kappa shape index (κ1) is 22.3. The standard InChI is InChI=1S/C22H25N3O6S/c1-3-25-20-8-7-18(32(27,28)24-9-11-30-12-10-24)14-19(20)23-21(25)15-31-22(26)16-5-4-6-17(13-16)29-2/h4-8,13-14H,3,9-12,15H2,1-2H3. The number of aromatic nitrogens is 2. The second-order valence-corrected chi connectivity index (χ2v) is 9.19. The predicted molar refractivity (Wildman–Crippen MR) is 117 cm³/mol. The van der Waals surface area contributed by atoms with Crippen LogP contribution >= 0.6 is 0 Å². The van der Waals surface area contributed by atoms with Crippen LogP contribution in [0.25, 0.3) is 11.0 Å². The molecule has 9 nitrogen and oxygen atoms in total. The molecule has 1 fully saturated rings. The zero-order valence-corrected chi connectivity index (χ0v) is 18.8. The topological polar surface area (TPSA) is 100.0 Å². The number of carbonyl (C=O) groups is 1. The van der Waals surface area contributed by atoms with Gasteiger partial charge < -0.3 is 18.8 Å². The summed E-state index contributed by atoms with van der Waals surface area (Å²) >= 11 is 0. The van der Waals surface area contributed by atoms with Crippen LogP contribution in [0, 0.1) is 0 Å². The summed E-state index contributed by atoms with van der Waals surface area (Å²) in [5.41, 5.74) is 1.69. The van der Waals surface area contributed by atoms with E-state index in [9.17, 15) is 13.2 Å². The predicted octanol–water partition coefficient (Wildman–Crippen LogP) is 2.44. The number of sulfonamides is 1. The maximum Gasteiger partial charge on any atom is 0.338 e. The molecule has 0 bridgehead atoms. The number of imidazole rings is 1. The summed E-state index contributed by atoms with van der Waals surface area (Å²) in [5.74, 6) is 0.614. The van der Waals surface area contributed by atoms with E-state index >= 15 is 0 Å². The Morgan fingerprint density at radius 2 is 1.94 bits per heavy atom. The molecule has 1 aliphatic heterocycles. The van der Waals surface area contributed by atoms with Gasteiger partial charge in [-0.3, -0.25) is 0 Å². The SMILES string of the molecule is CCn1c(COC(=O)c2cccc(OC)c2)nc2cc(S(=O)(=O)N3CCOCC3)ccc21. The summed E-state index contributed by atoms with van der Waals surface area (Å²) in [6, 6.07) is 11.6. The fraction of sp³-hybridized carbons (Fsp3) is 0.364.